The maximum absolute atomic E-state index is 11.8. The fraction of sp³-hybridized carbons (Fsp3) is 0.0909. The topological polar surface area (TPSA) is 116 Å². The highest BCUT2D eigenvalue weighted by atomic mass is 16.6. The minimum Gasteiger partial charge on any atom is -0.292 e. The first-order valence-corrected chi connectivity index (χ1v) is 5.37. The molecule has 0 radical (unpaired) electrons. The van der Waals surface area contributed by atoms with E-state index in [1.54, 1.807) is 30.3 Å². The fourth-order valence-electron chi connectivity index (χ4n) is 1.70. The lowest BCUT2D eigenvalue weighted by molar-refractivity contribution is -0.385. The van der Waals surface area contributed by atoms with Gasteiger partial charge in [0.15, 0.2) is 6.04 Å². The van der Waals surface area contributed by atoms with E-state index in [2.05, 4.69) is 5.10 Å². The molecule has 0 fully saturated rings. The van der Waals surface area contributed by atoms with E-state index in [0.717, 1.165) is 6.20 Å². The first-order valence-electron chi connectivity index (χ1n) is 5.37. The molecule has 3 N–H and O–H groups in total. The van der Waals surface area contributed by atoms with Gasteiger partial charge in [0.05, 0.1) is 4.92 Å². The average Bonchev–Trinajstić information content (AvgIpc) is 2.89. The minimum atomic E-state index is -0.847. The summed E-state index contributed by atoms with van der Waals surface area (Å²) in [4.78, 5) is 21.9. The maximum atomic E-state index is 11.8. The van der Waals surface area contributed by atoms with Crippen molar-refractivity contribution in [1.82, 2.24) is 15.2 Å². The number of carbonyl (C=O) groups is 1. The predicted octanol–water partition coefficient (Wildman–Crippen LogP) is 0.371. The largest absolute Gasteiger partial charge is 0.307 e. The summed E-state index contributed by atoms with van der Waals surface area (Å²) in [7, 11) is 0. The van der Waals surface area contributed by atoms with E-state index < -0.39 is 16.9 Å². The Morgan fingerprint density at radius 3 is 2.63 bits per heavy atom. The second-order valence-corrected chi connectivity index (χ2v) is 3.76. The highest BCUT2D eigenvalue weighted by molar-refractivity contribution is 5.82. The van der Waals surface area contributed by atoms with E-state index in [1.165, 1.54) is 10.9 Å². The summed E-state index contributed by atoms with van der Waals surface area (Å²) >= 11 is 0. The van der Waals surface area contributed by atoms with Crippen LogP contribution >= 0.6 is 0 Å². The van der Waals surface area contributed by atoms with Crippen LogP contribution in [0.2, 0.25) is 0 Å². The summed E-state index contributed by atoms with van der Waals surface area (Å²) in [5, 5.41) is 14.5. The van der Waals surface area contributed by atoms with Crippen LogP contribution in [0.15, 0.2) is 42.7 Å². The van der Waals surface area contributed by atoms with Gasteiger partial charge in [0, 0.05) is 0 Å². The molecular formula is C11H11N5O3. The van der Waals surface area contributed by atoms with Crippen LogP contribution in [-0.4, -0.2) is 20.6 Å². The highest BCUT2D eigenvalue weighted by Gasteiger charge is 2.24. The van der Waals surface area contributed by atoms with Crippen molar-refractivity contribution in [2.75, 3.05) is 0 Å². The normalized spacial score (nSPS) is 11.8. The number of hydrogen-bond acceptors (Lipinski definition) is 5. The molecule has 8 heteroatoms. The smallest absolute Gasteiger partial charge is 0.292 e. The molecule has 0 aliphatic carbocycles. The second-order valence-electron chi connectivity index (χ2n) is 3.76. The zero-order chi connectivity index (χ0) is 13.8. The first kappa shape index (κ1) is 12.7. The Hall–Kier alpha value is -2.74. The van der Waals surface area contributed by atoms with Crippen molar-refractivity contribution < 1.29 is 9.72 Å². The number of rotatable bonds is 4. The number of nitrogens with zero attached hydrogens (tertiary/aromatic N) is 3. The number of amides is 1. The Labute approximate surface area is 108 Å². The van der Waals surface area contributed by atoms with Crippen molar-refractivity contribution in [3.8, 4) is 0 Å². The molecule has 2 rings (SSSR count). The van der Waals surface area contributed by atoms with Gasteiger partial charge in [-0.05, 0) is 5.56 Å². The Bertz CT molecular complexity index is 595. The molecule has 19 heavy (non-hydrogen) atoms. The molecule has 1 unspecified atom stereocenters. The van der Waals surface area contributed by atoms with Crippen LogP contribution in [0.4, 0.5) is 5.69 Å². The molecule has 1 amide bonds. The van der Waals surface area contributed by atoms with Gasteiger partial charge in [-0.2, -0.15) is 5.10 Å². The molecule has 98 valence electrons. The number of nitrogens with one attached hydrogen (secondary N) is 1. The van der Waals surface area contributed by atoms with E-state index in [-0.39, 0.29) is 5.69 Å². The fourth-order valence-corrected chi connectivity index (χ4v) is 1.70. The Kier molecular flexibility index (Phi) is 3.53. The molecule has 8 nitrogen and oxygen atoms in total. The Balaban J connectivity index is 2.43. The molecule has 1 aromatic heterocycles. The lowest BCUT2D eigenvalue weighted by atomic mass is 10.1. The molecule has 0 spiro atoms. The Morgan fingerprint density at radius 1 is 1.42 bits per heavy atom. The summed E-state index contributed by atoms with van der Waals surface area (Å²) in [5.41, 5.74) is 2.47. The van der Waals surface area contributed by atoms with Crippen molar-refractivity contribution in [2.24, 2.45) is 5.84 Å². The number of carbonyl (C=O) groups excluding carboxylic acids is 1. The zero-order valence-corrected chi connectivity index (χ0v) is 9.76. The minimum absolute atomic E-state index is 0.189. The number of hydrazine groups is 1. The van der Waals surface area contributed by atoms with Crippen molar-refractivity contribution >= 4 is 11.6 Å². The number of aromatic nitrogens is 2. The Morgan fingerprint density at radius 2 is 2.11 bits per heavy atom. The van der Waals surface area contributed by atoms with Crippen LogP contribution in [-0.2, 0) is 4.79 Å². The van der Waals surface area contributed by atoms with Gasteiger partial charge in [-0.25, -0.2) is 10.5 Å². The molecular weight excluding hydrogens is 250 g/mol. The molecule has 1 aromatic carbocycles. The van der Waals surface area contributed by atoms with Crippen LogP contribution in [0.3, 0.4) is 0 Å². The molecule has 2 aromatic rings. The number of nitro groups is 1. The summed E-state index contributed by atoms with van der Waals surface area (Å²) in [6.45, 7) is 0. The molecule has 0 saturated heterocycles. The quantitative estimate of drug-likeness (QED) is 0.357. The first-order chi connectivity index (χ1) is 9.13. The van der Waals surface area contributed by atoms with E-state index in [4.69, 9.17) is 5.84 Å². The van der Waals surface area contributed by atoms with Gasteiger partial charge in [-0.3, -0.25) is 20.3 Å². The molecule has 1 heterocycles. The zero-order valence-electron chi connectivity index (χ0n) is 9.76. The van der Waals surface area contributed by atoms with E-state index in [9.17, 15) is 14.9 Å². The lowest BCUT2D eigenvalue weighted by Gasteiger charge is -2.15. The molecule has 1 atom stereocenters. The van der Waals surface area contributed by atoms with Crippen molar-refractivity contribution in [1.29, 1.82) is 0 Å². The third kappa shape index (κ3) is 2.58. The van der Waals surface area contributed by atoms with E-state index in [1.807, 2.05) is 5.43 Å². The number of benzene rings is 1. The second kappa shape index (κ2) is 5.27. The molecule has 0 aliphatic rings. The predicted molar refractivity (Wildman–Crippen MR) is 65.8 cm³/mol. The van der Waals surface area contributed by atoms with Crippen LogP contribution in [0.1, 0.15) is 11.6 Å². The van der Waals surface area contributed by atoms with Crippen LogP contribution in [0, 0.1) is 10.1 Å². The standard InChI is InChI=1S/C11H11N5O3/c12-14-11(17)10(8-4-2-1-3-5-8)15-7-9(6-13-15)16(18)19/h1-7,10H,12H2,(H,14,17). The van der Waals surface area contributed by atoms with Gasteiger partial charge < -0.3 is 0 Å². The number of hydrogen-bond donors (Lipinski definition) is 2. The van der Waals surface area contributed by atoms with Crippen molar-refractivity contribution in [2.45, 2.75) is 6.04 Å². The van der Waals surface area contributed by atoms with Gasteiger partial charge in [-0.15, -0.1) is 0 Å². The van der Waals surface area contributed by atoms with Gasteiger partial charge >= 0.3 is 5.69 Å². The summed E-state index contributed by atoms with van der Waals surface area (Å²) in [5.74, 6) is 4.63. The van der Waals surface area contributed by atoms with Gasteiger partial charge in [0.25, 0.3) is 5.91 Å². The number of nitrogens with two attached hydrogens (primary N) is 1. The van der Waals surface area contributed by atoms with Gasteiger partial charge in [0.1, 0.15) is 12.4 Å². The van der Waals surface area contributed by atoms with Gasteiger partial charge in [-0.1, -0.05) is 30.3 Å². The van der Waals surface area contributed by atoms with E-state index >= 15 is 0 Å². The summed E-state index contributed by atoms with van der Waals surface area (Å²) in [6, 6.07) is 7.89. The maximum Gasteiger partial charge on any atom is 0.307 e. The van der Waals surface area contributed by atoms with Crippen molar-refractivity contribution in [3.63, 3.8) is 0 Å². The summed E-state index contributed by atoms with van der Waals surface area (Å²) < 4.78 is 1.20. The monoisotopic (exact) mass is 261 g/mol. The average molecular weight is 261 g/mol. The molecule has 0 bridgehead atoms. The molecule has 0 aliphatic heterocycles. The summed E-state index contributed by atoms with van der Waals surface area (Å²) in [6.07, 6.45) is 2.27. The third-order valence-electron chi connectivity index (χ3n) is 2.57. The lowest BCUT2D eigenvalue weighted by Crippen LogP contribution is -2.37. The molecule has 0 saturated carbocycles. The van der Waals surface area contributed by atoms with Crippen LogP contribution in [0.5, 0.6) is 0 Å². The van der Waals surface area contributed by atoms with Crippen LogP contribution < -0.4 is 11.3 Å². The van der Waals surface area contributed by atoms with Gasteiger partial charge in [0.2, 0.25) is 0 Å². The highest BCUT2D eigenvalue weighted by Crippen LogP contribution is 2.20. The van der Waals surface area contributed by atoms with Crippen molar-refractivity contribution in [3.05, 3.63) is 58.4 Å². The third-order valence-corrected chi connectivity index (χ3v) is 2.57. The SMILES string of the molecule is NNC(=O)C(c1ccccc1)n1cc([N+](=O)[O-])cn1. The van der Waals surface area contributed by atoms with E-state index in [0.29, 0.717) is 5.56 Å². The van der Waals surface area contributed by atoms with Crippen LogP contribution in [0.25, 0.3) is 0 Å².